The van der Waals surface area contributed by atoms with Crippen molar-refractivity contribution < 1.29 is 14.6 Å². The molecule has 1 atom stereocenters. The van der Waals surface area contributed by atoms with Crippen LogP contribution in [0.3, 0.4) is 0 Å². The maximum absolute atomic E-state index is 13.2. The first-order chi connectivity index (χ1) is 17.3. The molecule has 0 bridgehead atoms. The van der Waals surface area contributed by atoms with E-state index >= 15 is 0 Å². The van der Waals surface area contributed by atoms with Crippen LogP contribution in [-0.4, -0.2) is 31.9 Å². The van der Waals surface area contributed by atoms with Gasteiger partial charge in [-0.15, -0.1) is 10.2 Å². The van der Waals surface area contributed by atoms with Gasteiger partial charge in [0.25, 0.3) is 0 Å². The smallest absolute Gasteiger partial charge is 0.247 e. The molecule has 1 unspecified atom stereocenters. The van der Waals surface area contributed by atoms with Crippen LogP contribution in [-0.2, 0) is 15.6 Å². The number of para-hydroxylation sites is 1. The molecule has 1 amide bonds. The van der Waals surface area contributed by atoms with E-state index in [1.54, 1.807) is 4.90 Å². The molecule has 0 fully saturated rings. The van der Waals surface area contributed by atoms with Gasteiger partial charge in [-0.05, 0) is 35.4 Å². The van der Waals surface area contributed by atoms with Crippen molar-refractivity contribution in [3.8, 4) is 22.9 Å². The third-order valence-corrected chi connectivity index (χ3v) is 7.36. The number of benzene rings is 2. The van der Waals surface area contributed by atoms with Crippen molar-refractivity contribution in [3.05, 3.63) is 53.1 Å². The van der Waals surface area contributed by atoms with E-state index in [-0.39, 0.29) is 22.5 Å². The Morgan fingerprint density at radius 3 is 2.24 bits per heavy atom. The van der Waals surface area contributed by atoms with Gasteiger partial charge in [-0.2, -0.15) is 4.98 Å². The van der Waals surface area contributed by atoms with Crippen LogP contribution in [0.2, 0.25) is 0 Å². The predicted molar refractivity (Wildman–Crippen MR) is 148 cm³/mol. The molecule has 37 heavy (non-hydrogen) atoms. The van der Waals surface area contributed by atoms with E-state index in [1.165, 1.54) is 18.7 Å². The van der Waals surface area contributed by atoms with E-state index in [0.29, 0.717) is 22.4 Å². The molecule has 8 heteroatoms. The van der Waals surface area contributed by atoms with Crippen LogP contribution in [0, 0.1) is 0 Å². The van der Waals surface area contributed by atoms with Crippen LogP contribution in [0.5, 0.6) is 11.6 Å². The number of carbonyl (C=O) groups is 1. The molecule has 0 radical (unpaired) electrons. The summed E-state index contributed by atoms with van der Waals surface area (Å²) < 4.78 is 6.59. The molecule has 3 aromatic rings. The fourth-order valence-corrected chi connectivity index (χ4v) is 5.10. The number of aromatic hydroxyl groups is 1. The first kappa shape index (κ1) is 26.9. The fraction of sp³-hybridized carbons (Fsp3) is 0.448. The number of nitrogens with zero attached hydrogens (tertiary/aromatic N) is 4. The number of rotatable bonds is 4. The third kappa shape index (κ3) is 5.30. The first-order valence-electron chi connectivity index (χ1n) is 12.6. The van der Waals surface area contributed by atoms with Crippen molar-refractivity contribution in [2.75, 3.05) is 10.7 Å². The Morgan fingerprint density at radius 1 is 1.05 bits per heavy atom. The molecule has 0 aliphatic carbocycles. The number of fused-ring (bicyclic) bond motifs is 3. The van der Waals surface area contributed by atoms with Crippen molar-refractivity contribution >= 4 is 23.4 Å². The number of aromatic nitrogens is 3. The van der Waals surface area contributed by atoms with E-state index in [1.807, 2.05) is 36.4 Å². The van der Waals surface area contributed by atoms with Crippen LogP contribution in [0.1, 0.15) is 84.7 Å². The highest BCUT2D eigenvalue weighted by Crippen LogP contribution is 2.46. The summed E-state index contributed by atoms with van der Waals surface area (Å²) >= 11 is 1.52. The van der Waals surface area contributed by atoms with Crippen LogP contribution < -0.4 is 9.64 Å². The second-order valence-corrected chi connectivity index (χ2v) is 12.5. The van der Waals surface area contributed by atoms with E-state index < -0.39 is 6.23 Å². The molecule has 1 N–H and O–H groups in total. The number of hydrogen-bond acceptors (Lipinski definition) is 7. The number of carbonyl (C=O) groups excluding carboxylic acids is 1. The van der Waals surface area contributed by atoms with Crippen LogP contribution in [0.15, 0.2) is 41.6 Å². The highest BCUT2D eigenvalue weighted by Gasteiger charge is 2.37. The van der Waals surface area contributed by atoms with Gasteiger partial charge >= 0.3 is 0 Å². The number of phenols is 1. The maximum Gasteiger partial charge on any atom is 0.247 e. The zero-order valence-corrected chi connectivity index (χ0v) is 23.7. The summed E-state index contributed by atoms with van der Waals surface area (Å²) in [5, 5.41) is 20.6. The summed E-state index contributed by atoms with van der Waals surface area (Å²) in [6.07, 6.45) is 0.164. The van der Waals surface area contributed by atoms with E-state index in [9.17, 15) is 9.90 Å². The molecule has 0 spiro atoms. The zero-order valence-electron chi connectivity index (χ0n) is 22.9. The molecule has 2 aromatic carbocycles. The summed E-state index contributed by atoms with van der Waals surface area (Å²) in [4.78, 5) is 19.6. The number of hydrogen-bond donors (Lipinski definition) is 1. The summed E-state index contributed by atoms with van der Waals surface area (Å²) in [5.74, 6) is 1.29. The SMILES string of the molecule is CCCSc1nnc2c(n1)OC(c1cc(C(C)(C)C)c(O)c(C(C)(C)C)c1)N(C(C)=O)c1ccccc1-2. The summed E-state index contributed by atoms with van der Waals surface area (Å²) in [5.41, 5.74) is 3.56. The molecule has 1 aromatic heterocycles. The lowest BCUT2D eigenvalue weighted by molar-refractivity contribution is -0.118. The second kappa shape index (κ2) is 9.97. The third-order valence-electron chi connectivity index (χ3n) is 6.32. The molecule has 1 aliphatic heterocycles. The van der Waals surface area contributed by atoms with Gasteiger partial charge < -0.3 is 9.84 Å². The Hall–Kier alpha value is -3.13. The van der Waals surface area contributed by atoms with Crippen molar-refractivity contribution in [2.45, 2.75) is 84.0 Å². The minimum Gasteiger partial charge on any atom is -0.507 e. The second-order valence-electron chi connectivity index (χ2n) is 11.4. The van der Waals surface area contributed by atoms with Crippen LogP contribution in [0.4, 0.5) is 5.69 Å². The Morgan fingerprint density at radius 2 is 1.68 bits per heavy atom. The van der Waals surface area contributed by atoms with Crippen molar-refractivity contribution in [1.82, 2.24) is 15.2 Å². The van der Waals surface area contributed by atoms with Gasteiger partial charge in [-0.25, -0.2) is 0 Å². The zero-order chi connectivity index (χ0) is 27.1. The molecule has 2 heterocycles. The quantitative estimate of drug-likeness (QED) is 0.379. The van der Waals surface area contributed by atoms with E-state index in [0.717, 1.165) is 34.4 Å². The fourth-order valence-electron chi connectivity index (χ4n) is 4.47. The van der Waals surface area contributed by atoms with Gasteiger partial charge in [0, 0.05) is 34.9 Å². The van der Waals surface area contributed by atoms with Gasteiger partial charge in [0.05, 0.1) is 5.69 Å². The molecular weight excluding hydrogens is 484 g/mol. The Kier molecular flexibility index (Phi) is 7.25. The van der Waals surface area contributed by atoms with Crippen LogP contribution >= 0.6 is 11.8 Å². The minimum atomic E-state index is -0.816. The summed E-state index contributed by atoms with van der Waals surface area (Å²) in [6, 6.07) is 11.5. The number of ether oxygens (including phenoxy) is 1. The molecule has 7 nitrogen and oxygen atoms in total. The first-order valence-corrected chi connectivity index (χ1v) is 13.6. The Labute approximate surface area is 223 Å². The number of thioether (sulfide) groups is 1. The van der Waals surface area contributed by atoms with Crippen molar-refractivity contribution in [3.63, 3.8) is 0 Å². The number of phenolic OH excluding ortho intramolecular Hbond substituents is 1. The molecule has 0 saturated carbocycles. The maximum atomic E-state index is 13.2. The lowest BCUT2D eigenvalue weighted by Crippen LogP contribution is -2.36. The molecule has 4 rings (SSSR count). The molecule has 196 valence electrons. The van der Waals surface area contributed by atoms with Gasteiger partial charge in [0.15, 0.2) is 5.69 Å². The minimum absolute atomic E-state index is 0.179. The van der Waals surface area contributed by atoms with Crippen LogP contribution in [0.25, 0.3) is 11.3 Å². The van der Waals surface area contributed by atoms with E-state index in [2.05, 4.69) is 58.7 Å². The predicted octanol–water partition coefficient (Wildman–Crippen LogP) is 6.79. The Balaban J connectivity index is 2.00. The lowest BCUT2D eigenvalue weighted by Gasteiger charge is -2.33. The average molecular weight is 521 g/mol. The summed E-state index contributed by atoms with van der Waals surface area (Å²) in [6.45, 7) is 16.0. The molecule has 0 saturated heterocycles. The number of anilines is 1. The molecule has 1 aliphatic rings. The van der Waals surface area contributed by atoms with Gasteiger partial charge in [0.1, 0.15) is 5.75 Å². The number of amides is 1. The Bertz CT molecular complexity index is 1290. The van der Waals surface area contributed by atoms with Gasteiger partial charge in [0.2, 0.25) is 23.2 Å². The monoisotopic (exact) mass is 520 g/mol. The highest BCUT2D eigenvalue weighted by molar-refractivity contribution is 7.99. The van der Waals surface area contributed by atoms with Crippen molar-refractivity contribution in [2.24, 2.45) is 0 Å². The van der Waals surface area contributed by atoms with E-state index in [4.69, 9.17) is 9.72 Å². The standard InChI is InChI=1S/C29H36N4O3S/c1-9-14-37-27-30-25-23(31-32-27)19-12-10-11-13-22(19)33(17(2)34)26(36-25)18-15-20(28(3,4)5)24(35)21(16-18)29(6,7)8/h10-13,15-16,26,35H,9,14H2,1-8H3. The molecular formula is C29H36N4O3S. The highest BCUT2D eigenvalue weighted by atomic mass is 32.2. The van der Waals surface area contributed by atoms with Gasteiger partial charge in [-0.3, -0.25) is 9.69 Å². The lowest BCUT2D eigenvalue weighted by atomic mass is 9.78. The van der Waals surface area contributed by atoms with Gasteiger partial charge in [-0.1, -0.05) is 78.4 Å². The summed E-state index contributed by atoms with van der Waals surface area (Å²) in [7, 11) is 0. The topological polar surface area (TPSA) is 88.4 Å². The largest absolute Gasteiger partial charge is 0.507 e. The average Bonchev–Trinajstić information content (AvgIpc) is 2.95. The van der Waals surface area contributed by atoms with Crippen molar-refractivity contribution in [1.29, 1.82) is 0 Å². The normalized spacial score (nSPS) is 15.5.